The van der Waals surface area contributed by atoms with Gasteiger partial charge in [-0.25, -0.2) is 0 Å². The third-order valence-corrected chi connectivity index (χ3v) is 4.75. The van der Waals surface area contributed by atoms with Gasteiger partial charge in [-0.15, -0.1) is 0 Å². The number of hydrogen-bond donors (Lipinski definition) is 1. The number of carbonyl (C=O) groups excluding carboxylic acids is 1. The maximum absolute atomic E-state index is 12.6. The first kappa shape index (κ1) is 15.5. The number of benzene rings is 1. The maximum atomic E-state index is 12.6. The average molecular weight is 303 g/mol. The van der Waals surface area contributed by atoms with Crippen LogP contribution in [-0.2, 0) is 14.3 Å². The molecule has 0 bridgehead atoms. The van der Waals surface area contributed by atoms with Gasteiger partial charge in [0, 0.05) is 6.04 Å². The van der Waals surface area contributed by atoms with Crippen molar-refractivity contribution in [1.29, 1.82) is 0 Å². The first-order valence-electron chi connectivity index (χ1n) is 8.36. The fourth-order valence-electron chi connectivity index (χ4n) is 3.56. The van der Waals surface area contributed by atoms with Crippen molar-refractivity contribution in [3.8, 4) is 0 Å². The van der Waals surface area contributed by atoms with Gasteiger partial charge in [0.2, 0.25) is 5.91 Å². The second-order valence-corrected chi connectivity index (χ2v) is 6.21. The molecule has 1 saturated heterocycles. The molecule has 1 aromatic rings. The van der Waals surface area contributed by atoms with Crippen molar-refractivity contribution < 1.29 is 14.3 Å². The van der Waals surface area contributed by atoms with E-state index in [1.807, 2.05) is 30.3 Å². The lowest BCUT2D eigenvalue weighted by Gasteiger charge is -2.39. The molecule has 1 aromatic carbocycles. The fraction of sp³-hybridized carbons (Fsp3) is 0.611. The Balaban J connectivity index is 1.59. The van der Waals surface area contributed by atoms with Crippen LogP contribution in [0, 0.1) is 0 Å². The predicted octanol–water partition coefficient (Wildman–Crippen LogP) is 2.63. The first-order valence-corrected chi connectivity index (χ1v) is 8.36. The largest absolute Gasteiger partial charge is 0.373 e. The Morgan fingerprint density at radius 2 is 1.91 bits per heavy atom. The van der Waals surface area contributed by atoms with Crippen LogP contribution in [0.1, 0.15) is 44.1 Å². The zero-order valence-electron chi connectivity index (χ0n) is 13.2. The SMILES string of the molecule is CCC(C(=O)NC1CCC2OCCOC2C1)c1ccccc1. The summed E-state index contributed by atoms with van der Waals surface area (Å²) < 4.78 is 11.5. The Morgan fingerprint density at radius 3 is 2.64 bits per heavy atom. The van der Waals surface area contributed by atoms with Crippen LogP contribution >= 0.6 is 0 Å². The summed E-state index contributed by atoms with van der Waals surface area (Å²) in [6.07, 6.45) is 3.98. The standard InChI is InChI=1S/C18H25NO3/c1-2-15(13-6-4-3-5-7-13)18(20)19-14-8-9-16-17(12-14)22-11-10-21-16/h3-7,14-17H,2,8-12H2,1H3,(H,19,20). The highest BCUT2D eigenvalue weighted by Crippen LogP contribution is 2.28. The van der Waals surface area contributed by atoms with Crippen LogP contribution in [0.3, 0.4) is 0 Å². The third kappa shape index (κ3) is 3.50. The minimum Gasteiger partial charge on any atom is -0.373 e. The van der Waals surface area contributed by atoms with Crippen molar-refractivity contribution in [3.05, 3.63) is 35.9 Å². The van der Waals surface area contributed by atoms with E-state index in [1.165, 1.54) is 0 Å². The molecule has 4 heteroatoms. The fourth-order valence-corrected chi connectivity index (χ4v) is 3.56. The van der Waals surface area contributed by atoms with Crippen LogP contribution in [0.4, 0.5) is 0 Å². The minimum absolute atomic E-state index is 0.0672. The smallest absolute Gasteiger partial charge is 0.227 e. The van der Waals surface area contributed by atoms with Crippen LogP contribution in [-0.4, -0.2) is 37.4 Å². The van der Waals surface area contributed by atoms with Crippen LogP contribution in [0.15, 0.2) is 30.3 Å². The molecule has 22 heavy (non-hydrogen) atoms. The zero-order valence-corrected chi connectivity index (χ0v) is 13.2. The molecule has 0 radical (unpaired) electrons. The Kier molecular flexibility index (Phi) is 5.11. The molecular weight excluding hydrogens is 278 g/mol. The predicted molar refractivity (Wildman–Crippen MR) is 84.7 cm³/mol. The number of fused-ring (bicyclic) bond motifs is 1. The van der Waals surface area contributed by atoms with E-state index in [4.69, 9.17) is 9.47 Å². The molecule has 0 aromatic heterocycles. The van der Waals surface area contributed by atoms with E-state index in [9.17, 15) is 4.79 Å². The Hall–Kier alpha value is -1.39. The summed E-state index contributed by atoms with van der Waals surface area (Å²) in [6, 6.07) is 10.2. The van der Waals surface area contributed by atoms with Crippen LogP contribution in [0.25, 0.3) is 0 Å². The quantitative estimate of drug-likeness (QED) is 0.930. The number of rotatable bonds is 4. The second kappa shape index (κ2) is 7.25. The number of hydrogen-bond acceptors (Lipinski definition) is 3. The minimum atomic E-state index is -0.0672. The van der Waals surface area contributed by atoms with Gasteiger partial charge in [-0.2, -0.15) is 0 Å². The number of amides is 1. The number of nitrogens with one attached hydrogen (secondary N) is 1. The van der Waals surface area contributed by atoms with Crippen molar-refractivity contribution in [2.45, 2.75) is 56.8 Å². The molecule has 0 spiro atoms. The molecule has 2 fully saturated rings. The molecule has 4 unspecified atom stereocenters. The van der Waals surface area contributed by atoms with Crippen molar-refractivity contribution in [2.75, 3.05) is 13.2 Å². The van der Waals surface area contributed by atoms with E-state index >= 15 is 0 Å². The van der Waals surface area contributed by atoms with Crippen molar-refractivity contribution in [1.82, 2.24) is 5.32 Å². The van der Waals surface area contributed by atoms with E-state index in [0.717, 1.165) is 31.2 Å². The van der Waals surface area contributed by atoms with Crippen molar-refractivity contribution >= 4 is 5.91 Å². The first-order chi connectivity index (χ1) is 10.8. The lowest BCUT2D eigenvalue weighted by Crippen LogP contribution is -2.50. The van der Waals surface area contributed by atoms with Gasteiger partial charge < -0.3 is 14.8 Å². The Labute approximate surface area is 132 Å². The summed E-state index contributed by atoms with van der Waals surface area (Å²) in [5.74, 6) is 0.0660. The summed E-state index contributed by atoms with van der Waals surface area (Å²) in [5.41, 5.74) is 1.09. The van der Waals surface area contributed by atoms with Gasteiger partial charge in [0.15, 0.2) is 0 Å². The molecule has 3 rings (SSSR count). The van der Waals surface area contributed by atoms with E-state index in [0.29, 0.717) is 13.2 Å². The lowest BCUT2D eigenvalue weighted by molar-refractivity contribution is -0.158. The molecule has 2 aliphatic rings. The van der Waals surface area contributed by atoms with Crippen LogP contribution in [0.2, 0.25) is 0 Å². The molecule has 4 atom stereocenters. The maximum Gasteiger partial charge on any atom is 0.227 e. The highest BCUT2D eigenvalue weighted by Gasteiger charge is 2.35. The highest BCUT2D eigenvalue weighted by atomic mass is 16.6. The molecule has 1 aliphatic carbocycles. The summed E-state index contributed by atoms with van der Waals surface area (Å²) >= 11 is 0. The van der Waals surface area contributed by atoms with Crippen molar-refractivity contribution in [2.24, 2.45) is 0 Å². The van der Waals surface area contributed by atoms with Gasteiger partial charge in [0.05, 0.1) is 31.3 Å². The Bertz CT molecular complexity index is 490. The zero-order chi connectivity index (χ0) is 15.4. The van der Waals surface area contributed by atoms with Gasteiger partial charge in [0.1, 0.15) is 0 Å². The number of carbonyl (C=O) groups is 1. The summed E-state index contributed by atoms with van der Waals surface area (Å²) in [6.45, 7) is 3.43. The molecule has 4 nitrogen and oxygen atoms in total. The summed E-state index contributed by atoms with van der Waals surface area (Å²) in [4.78, 5) is 12.6. The Morgan fingerprint density at radius 1 is 1.18 bits per heavy atom. The molecule has 1 heterocycles. The topological polar surface area (TPSA) is 47.6 Å². The summed E-state index contributed by atoms with van der Waals surface area (Å²) in [5, 5.41) is 3.23. The molecule has 1 saturated carbocycles. The van der Waals surface area contributed by atoms with Crippen LogP contribution < -0.4 is 5.32 Å². The average Bonchev–Trinajstić information content (AvgIpc) is 2.56. The number of ether oxygens (including phenoxy) is 2. The van der Waals surface area contributed by atoms with Gasteiger partial charge in [0.25, 0.3) is 0 Å². The van der Waals surface area contributed by atoms with E-state index in [2.05, 4.69) is 12.2 Å². The van der Waals surface area contributed by atoms with Crippen LogP contribution in [0.5, 0.6) is 0 Å². The normalized spacial score (nSPS) is 29.4. The van der Waals surface area contributed by atoms with Gasteiger partial charge in [-0.3, -0.25) is 4.79 Å². The monoisotopic (exact) mass is 303 g/mol. The van der Waals surface area contributed by atoms with Crippen molar-refractivity contribution in [3.63, 3.8) is 0 Å². The van der Waals surface area contributed by atoms with E-state index < -0.39 is 0 Å². The van der Waals surface area contributed by atoms with E-state index in [1.54, 1.807) is 0 Å². The molecule has 1 N–H and O–H groups in total. The molecule has 120 valence electrons. The molecule has 1 amide bonds. The summed E-state index contributed by atoms with van der Waals surface area (Å²) in [7, 11) is 0. The second-order valence-electron chi connectivity index (χ2n) is 6.21. The highest BCUT2D eigenvalue weighted by molar-refractivity contribution is 5.83. The third-order valence-electron chi connectivity index (χ3n) is 4.75. The lowest BCUT2D eigenvalue weighted by atomic mass is 9.88. The van der Waals surface area contributed by atoms with Gasteiger partial charge >= 0.3 is 0 Å². The van der Waals surface area contributed by atoms with E-state index in [-0.39, 0.29) is 30.1 Å². The molecular formula is C18H25NO3. The molecule has 1 aliphatic heterocycles. The van der Waals surface area contributed by atoms with Gasteiger partial charge in [-0.1, -0.05) is 37.3 Å². The van der Waals surface area contributed by atoms with Gasteiger partial charge in [-0.05, 0) is 31.2 Å².